The van der Waals surface area contributed by atoms with Gasteiger partial charge in [0.15, 0.2) is 0 Å². The maximum atomic E-state index is 9.59. The van der Waals surface area contributed by atoms with Gasteiger partial charge >= 0.3 is 5.97 Å². The number of esters is 1. The van der Waals surface area contributed by atoms with E-state index in [1.54, 1.807) is 0 Å². The summed E-state index contributed by atoms with van der Waals surface area (Å²) in [6.07, 6.45) is 0. The molecule has 4 heteroatoms. The number of methoxy groups -OCH3 is 1. The van der Waals surface area contributed by atoms with Crippen molar-refractivity contribution in [3.8, 4) is 0 Å². The van der Waals surface area contributed by atoms with Gasteiger partial charge < -0.3 is 4.74 Å². The summed E-state index contributed by atoms with van der Waals surface area (Å²) in [5.41, 5.74) is 0. The van der Waals surface area contributed by atoms with Crippen LogP contribution >= 0.6 is 23.2 Å². The van der Waals surface area contributed by atoms with Crippen LogP contribution in [0.2, 0.25) is 0 Å². The fourth-order valence-electron chi connectivity index (χ4n) is 0. The fraction of sp³-hybridized carbons (Fsp3) is 0.400. The van der Waals surface area contributed by atoms with E-state index in [0.29, 0.717) is 0 Å². The van der Waals surface area contributed by atoms with Crippen LogP contribution in [0.4, 0.5) is 0 Å². The standard InChI is InChI=1S/C3H6O2.C2H2Cl2/c1-3(4)5-2;1-2(3)4/h1-2H3;1H2. The molecule has 0 atom stereocenters. The van der Waals surface area contributed by atoms with E-state index < -0.39 is 0 Å². The lowest BCUT2D eigenvalue weighted by atomic mass is 10.8. The van der Waals surface area contributed by atoms with Crippen molar-refractivity contribution in [1.82, 2.24) is 0 Å². The average Bonchev–Trinajstić information content (AvgIpc) is 1.65. The second kappa shape index (κ2) is 7.79. The predicted octanol–water partition coefficient (Wildman–Crippen LogP) is 2.11. The van der Waals surface area contributed by atoms with Crippen molar-refractivity contribution in [2.75, 3.05) is 7.11 Å². The van der Waals surface area contributed by atoms with E-state index in [1.165, 1.54) is 14.0 Å². The molecule has 0 spiro atoms. The van der Waals surface area contributed by atoms with Crippen molar-refractivity contribution in [1.29, 1.82) is 0 Å². The lowest BCUT2D eigenvalue weighted by Gasteiger charge is -1.80. The SMILES string of the molecule is C=C(Cl)Cl.COC(C)=O. The summed E-state index contributed by atoms with van der Waals surface area (Å²) in [6, 6.07) is 0. The van der Waals surface area contributed by atoms with Crippen LogP contribution in [0.5, 0.6) is 0 Å². The van der Waals surface area contributed by atoms with Gasteiger partial charge in [-0.1, -0.05) is 29.8 Å². The van der Waals surface area contributed by atoms with Crippen molar-refractivity contribution >= 4 is 29.2 Å². The Morgan fingerprint density at radius 3 is 1.67 bits per heavy atom. The van der Waals surface area contributed by atoms with Crippen molar-refractivity contribution in [3.63, 3.8) is 0 Å². The van der Waals surface area contributed by atoms with Gasteiger partial charge in [0, 0.05) is 6.92 Å². The highest BCUT2D eigenvalue weighted by Crippen LogP contribution is 1.98. The first-order valence-electron chi connectivity index (χ1n) is 2.05. The van der Waals surface area contributed by atoms with Gasteiger partial charge in [0.05, 0.1) is 11.6 Å². The van der Waals surface area contributed by atoms with Crippen molar-refractivity contribution in [2.24, 2.45) is 0 Å². The summed E-state index contributed by atoms with van der Waals surface area (Å²) in [6.45, 7) is 4.45. The van der Waals surface area contributed by atoms with Crippen LogP contribution in [0.15, 0.2) is 11.1 Å². The highest BCUT2D eigenvalue weighted by Gasteiger charge is 1.75. The molecule has 0 unspecified atom stereocenters. The van der Waals surface area contributed by atoms with E-state index in [1.807, 2.05) is 0 Å². The number of halogens is 2. The molecule has 0 aliphatic heterocycles. The lowest BCUT2D eigenvalue weighted by molar-refractivity contribution is -0.137. The second-order valence-electron chi connectivity index (χ2n) is 1.03. The Morgan fingerprint density at radius 1 is 1.56 bits per heavy atom. The largest absolute Gasteiger partial charge is 0.469 e. The number of ether oxygens (including phenoxy) is 1. The highest BCUT2D eigenvalue weighted by molar-refractivity contribution is 6.55. The van der Waals surface area contributed by atoms with Crippen molar-refractivity contribution in [2.45, 2.75) is 6.92 Å². The molecule has 54 valence electrons. The molecule has 9 heavy (non-hydrogen) atoms. The topological polar surface area (TPSA) is 26.3 Å². The maximum Gasteiger partial charge on any atom is 0.302 e. The first kappa shape index (κ1) is 11.6. The van der Waals surface area contributed by atoms with E-state index in [-0.39, 0.29) is 10.5 Å². The lowest BCUT2D eigenvalue weighted by Crippen LogP contribution is -1.88. The molecule has 0 fully saturated rings. The van der Waals surface area contributed by atoms with Crippen LogP contribution in [0, 0.1) is 0 Å². The molecule has 0 aromatic carbocycles. The second-order valence-corrected chi connectivity index (χ2v) is 2.14. The molecule has 0 amide bonds. The zero-order chi connectivity index (χ0) is 7.86. The minimum Gasteiger partial charge on any atom is -0.469 e. The van der Waals surface area contributed by atoms with Gasteiger partial charge in [0.2, 0.25) is 0 Å². The minimum absolute atomic E-state index is 0.111. The summed E-state index contributed by atoms with van der Waals surface area (Å²) < 4.78 is 4.22. The number of hydrogen-bond acceptors (Lipinski definition) is 2. The zero-order valence-electron chi connectivity index (χ0n) is 5.28. The van der Waals surface area contributed by atoms with E-state index in [0.717, 1.165) is 0 Å². The predicted molar refractivity (Wildman–Crippen MR) is 38.5 cm³/mol. The third-order valence-corrected chi connectivity index (χ3v) is 0.287. The molecule has 2 nitrogen and oxygen atoms in total. The van der Waals surface area contributed by atoms with Gasteiger partial charge in [-0.25, -0.2) is 0 Å². The Hall–Kier alpha value is -0.210. The van der Waals surface area contributed by atoms with Crippen LogP contribution in [0.25, 0.3) is 0 Å². The number of carbonyl (C=O) groups is 1. The Morgan fingerprint density at radius 2 is 1.67 bits per heavy atom. The summed E-state index contributed by atoms with van der Waals surface area (Å²) in [7, 11) is 1.35. The third kappa shape index (κ3) is 81.5. The molecule has 0 aromatic rings. The number of carbonyl (C=O) groups excluding carboxylic acids is 1. The molecule has 0 bridgehead atoms. The fourth-order valence-corrected chi connectivity index (χ4v) is 0. The van der Waals surface area contributed by atoms with Crippen LogP contribution in [-0.4, -0.2) is 13.1 Å². The normalized spacial score (nSPS) is 6.67. The molecule has 0 aliphatic carbocycles. The van der Waals surface area contributed by atoms with Gasteiger partial charge in [-0.2, -0.15) is 0 Å². The minimum atomic E-state index is -0.245. The Kier molecular flexibility index (Phi) is 10.0. The van der Waals surface area contributed by atoms with Crippen LogP contribution in [0.3, 0.4) is 0 Å². The van der Waals surface area contributed by atoms with Gasteiger partial charge in [-0.3, -0.25) is 4.79 Å². The molecule has 0 heterocycles. The first-order chi connectivity index (χ1) is 4.00. The van der Waals surface area contributed by atoms with E-state index in [4.69, 9.17) is 23.2 Å². The third-order valence-electron chi connectivity index (χ3n) is 0.287. The maximum absolute atomic E-state index is 9.59. The van der Waals surface area contributed by atoms with Crippen LogP contribution in [0.1, 0.15) is 6.92 Å². The molecule has 0 rings (SSSR count). The molecule has 0 N–H and O–H groups in total. The Bertz CT molecular complexity index is 97.1. The zero-order valence-corrected chi connectivity index (χ0v) is 6.79. The smallest absolute Gasteiger partial charge is 0.302 e. The molecule has 0 radical (unpaired) electrons. The molecule has 0 aliphatic rings. The average molecular weight is 171 g/mol. The molecule has 0 aromatic heterocycles. The van der Waals surface area contributed by atoms with Crippen LogP contribution in [-0.2, 0) is 9.53 Å². The van der Waals surface area contributed by atoms with Gasteiger partial charge in [-0.05, 0) is 0 Å². The molecular formula is C5H8Cl2O2. The number of rotatable bonds is 0. The molecule has 0 saturated heterocycles. The van der Waals surface area contributed by atoms with E-state index >= 15 is 0 Å². The van der Waals surface area contributed by atoms with Crippen molar-refractivity contribution < 1.29 is 9.53 Å². The molecular weight excluding hydrogens is 163 g/mol. The first-order valence-corrected chi connectivity index (χ1v) is 2.80. The van der Waals surface area contributed by atoms with Crippen LogP contribution < -0.4 is 0 Å². The van der Waals surface area contributed by atoms with Gasteiger partial charge in [0.25, 0.3) is 0 Å². The summed E-state index contributed by atoms with van der Waals surface area (Å²) >= 11 is 9.69. The van der Waals surface area contributed by atoms with Gasteiger partial charge in [-0.15, -0.1) is 0 Å². The summed E-state index contributed by atoms with van der Waals surface area (Å²) in [4.78, 5) is 9.59. The number of hydrogen-bond donors (Lipinski definition) is 0. The molecule has 0 saturated carbocycles. The van der Waals surface area contributed by atoms with Gasteiger partial charge in [0.1, 0.15) is 0 Å². The van der Waals surface area contributed by atoms with E-state index in [2.05, 4.69) is 11.3 Å². The Labute approximate surface area is 64.4 Å². The van der Waals surface area contributed by atoms with Crippen molar-refractivity contribution in [3.05, 3.63) is 11.1 Å². The highest BCUT2D eigenvalue weighted by atomic mass is 35.5. The van der Waals surface area contributed by atoms with E-state index in [9.17, 15) is 4.79 Å². The Balaban J connectivity index is 0. The quantitative estimate of drug-likeness (QED) is 0.521. The monoisotopic (exact) mass is 170 g/mol. The summed E-state index contributed by atoms with van der Waals surface area (Å²) in [5, 5.41) is 0. The summed E-state index contributed by atoms with van der Waals surface area (Å²) in [5.74, 6) is -0.245.